The molecular formula is C16H10ClFN4O2S. The number of hydrogen-bond donors (Lipinski definition) is 1. The third kappa shape index (κ3) is 3.06. The van der Waals surface area contributed by atoms with Crippen LogP contribution in [0.2, 0.25) is 5.02 Å². The van der Waals surface area contributed by atoms with Gasteiger partial charge in [-0.25, -0.2) is 14.0 Å². The lowest BCUT2D eigenvalue weighted by atomic mass is 10.2. The molecule has 0 atom stereocenters. The highest BCUT2D eigenvalue weighted by molar-refractivity contribution is 7.98. The fraction of sp³-hybridized carbons (Fsp3) is 0.0625. The first-order chi connectivity index (χ1) is 12.1. The molecule has 0 unspecified atom stereocenters. The van der Waals surface area contributed by atoms with Crippen LogP contribution in [0.25, 0.3) is 17.0 Å². The van der Waals surface area contributed by atoms with E-state index >= 15 is 0 Å². The van der Waals surface area contributed by atoms with Crippen molar-refractivity contribution in [3.63, 3.8) is 0 Å². The summed E-state index contributed by atoms with van der Waals surface area (Å²) in [5.41, 5.74) is 1.29. The molecule has 9 heteroatoms. The minimum Gasteiger partial charge on any atom is -0.463 e. The van der Waals surface area contributed by atoms with E-state index in [1.54, 1.807) is 24.3 Å². The molecule has 126 valence electrons. The molecule has 25 heavy (non-hydrogen) atoms. The third-order valence-electron chi connectivity index (χ3n) is 3.52. The van der Waals surface area contributed by atoms with Gasteiger partial charge in [0.15, 0.2) is 5.76 Å². The summed E-state index contributed by atoms with van der Waals surface area (Å²) in [4.78, 5) is 12.0. The van der Waals surface area contributed by atoms with Gasteiger partial charge in [0.25, 0.3) is 5.56 Å². The molecule has 3 heterocycles. The standard InChI is InChI=1S/C16H10ClFN4O2S/c17-11-6-10(18)4-3-9(11)8-25-16-20-19-15(23)13-7-12(21-22(13)16)14-2-1-5-24-14/h1-7H,8H2,(H,19,23). The molecule has 0 saturated carbocycles. The van der Waals surface area contributed by atoms with E-state index in [4.69, 9.17) is 16.0 Å². The predicted octanol–water partition coefficient (Wildman–Crippen LogP) is 3.76. The van der Waals surface area contributed by atoms with Crippen molar-refractivity contribution < 1.29 is 8.81 Å². The fourth-order valence-electron chi connectivity index (χ4n) is 2.31. The number of nitrogens with one attached hydrogen (secondary N) is 1. The Bertz CT molecular complexity index is 1110. The van der Waals surface area contributed by atoms with E-state index in [9.17, 15) is 9.18 Å². The maximum Gasteiger partial charge on any atom is 0.290 e. The van der Waals surface area contributed by atoms with E-state index in [0.717, 1.165) is 5.56 Å². The highest BCUT2D eigenvalue weighted by Gasteiger charge is 2.14. The van der Waals surface area contributed by atoms with Crippen molar-refractivity contribution in [2.75, 3.05) is 0 Å². The van der Waals surface area contributed by atoms with E-state index in [1.807, 2.05) is 0 Å². The van der Waals surface area contributed by atoms with Gasteiger partial charge in [0.1, 0.15) is 17.0 Å². The van der Waals surface area contributed by atoms with Crippen LogP contribution in [0.3, 0.4) is 0 Å². The number of H-pyrrole nitrogens is 1. The Morgan fingerprint density at radius 2 is 2.20 bits per heavy atom. The van der Waals surface area contributed by atoms with Crippen LogP contribution < -0.4 is 5.56 Å². The topological polar surface area (TPSA) is 76.2 Å². The number of thioether (sulfide) groups is 1. The van der Waals surface area contributed by atoms with Crippen molar-refractivity contribution in [3.05, 3.63) is 69.4 Å². The molecule has 0 fully saturated rings. The molecule has 0 bridgehead atoms. The fourth-order valence-corrected chi connectivity index (χ4v) is 3.53. The minimum atomic E-state index is -0.390. The first-order valence-corrected chi connectivity index (χ1v) is 8.57. The Balaban J connectivity index is 1.70. The van der Waals surface area contributed by atoms with Crippen molar-refractivity contribution in [3.8, 4) is 11.5 Å². The Labute approximate surface area is 149 Å². The van der Waals surface area contributed by atoms with E-state index in [1.165, 1.54) is 34.7 Å². The van der Waals surface area contributed by atoms with Crippen molar-refractivity contribution >= 4 is 28.9 Å². The quantitative estimate of drug-likeness (QED) is 0.549. The lowest BCUT2D eigenvalue weighted by Crippen LogP contribution is -2.13. The number of aromatic nitrogens is 4. The average Bonchev–Trinajstić information content (AvgIpc) is 3.25. The summed E-state index contributed by atoms with van der Waals surface area (Å²) in [6.07, 6.45) is 1.54. The summed E-state index contributed by atoms with van der Waals surface area (Å²) in [7, 11) is 0. The Hall–Kier alpha value is -2.58. The van der Waals surface area contributed by atoms with Crippen LogP contribution in [0, 0.1) is 5.82 Å². The summed E-state index contributed by atoms with van der Waals surface area (Å²) in [5, 5.41) is 11.7. The number of nitrogens with zero attached hydrogens (tertiary/aromatic N) is 3. The van der Waals surface area contributed by atoms with Crippen LogP contribution in [0.5, 0.6) is 0 Å². The van der Waals surface area contributed by atoms with Crippen molar-refractivity contribution in [2.45, 2.75) is 10.9 Å². The molecule has 1 aromatic carbocycles. The Kier molecular flexibility index (Phi) is 4.06. The Morgan fingerprint density at radius 3 is 2.96 bits per heavy atom. The SMILES string of the molecule is O=c1[nH]nc(SCc2ccc(F)cc2Cl)n2nc(-c3ccco3)cc12. The van der Waals surface area contributed by atoms with Gasteiger partial charge in [0.2, 0.25) is 5.16 Å². The monoisotopic (exact) mass is 376 g/mol. The first-order valence-electron chi connectivity index (χ1n) is 7.21. The van der Waals surface area contributed by atoms with Crippen LogP contribution in [0.15, 0.2) is 57.0 Å². The van der Waals surface area contributed by atoms with E-state index in [-0.39, 0.29) is 5.56 Å². The number of aromatic amines is 1. The summed E-state index contributed by atoms with van der Waals surface area (Å²) in [5.74, 6) is 0.613. The third-order valence-corrected chi connectivity index (χ3v) is 4.85. The largest absolute Gasteiger partial charge is 0.463 e. The lowest BCUT2D eigenvalue weighted by molar-refractivity contribution is 0.578. The number of fused-ring (bicyclic) bond motifs is 1. The molecule has 0 aliphatic heterocycles. The van der Waals surface area contributed by atoms with Crippen molar-refractivity contribution in [1.82, 2.24) is 19.8 Å². The van der Waals surface area contributed by atoms with Crippen LogP contribution in [-0.4, -0.2) is 19.8 Å². The molecule has 1 N–H and O–H groups in total. The minimum absolute atomic E-state index is 0.338. The molecule has 3 aromatic heterocycles. The summed E-state index contributed by atoms with van der Waals surface area (Å²) in [6.45, 7) is 0. The second kappa shape index (κ2) is 6.38. The highest BCUT2D eigenvalue weighted by Crippen LogP contribution is 2.27. The molecule has 0 radical (unpaired) electrons. The molecule has 4 rings (SSSR count). The molecule has 0 amide bonds. The van der Waals surface area contributed by atoms with Crippen molar-refractivity contribution in [1.29, 1.82) is 0 Å². The number of benzene rings is 1. The van der Waals surface area contributed by atoms with Gasteiger partial charge < -0.3 is 4.42 Å². The van der Waals surface area contributed by atoms with Gasteiger partial charge in [-0.15, -0.1) is 5.10 Å². The zero-order valence-corrected chi connectivity index (χ0v) is 14.1. The summed E-state index contributed by atoms with van der Waals surface area (Å²) in [6, 6.07) is 9.36. The van der Waals surface area contributed by atoms with Crippen LogP contribution in [0.1, 0.15) is 5.56 Å². The van der Waals surface area contributed by atoms with Crippen LogP contribution in [0.4, 0.5) is 4.39 Å². The van der Waals surface area contributed by atoms with Gasteiger partial charge in [-0.3, -0.25) is 4.79 Å². The van der Waals surface area contributed by atoms with Crippen molar-refractivity contribution in [2.24, 2.45) is 0 Å². The lowest BCUT2D eigenvalue weighted by Gasteiger charge is -2.05. The van der Waals surface area contributed by atoms with Gasteiger partial charge in [-0.1, -0.05) is 29.4 Å². The van der Waals surface area contributed by atoms with Crippen LogP contribution >= 0.6 is 23.4 Å². The molecule has 0 spiro atoms. The number of halogens is 2. The van der Waals surface area contributed by atoms with E-state index < -0.39 is 5.82 Å². The second-order valence-corrected chi connectivity index (χ2v) is 6.51. The van der Waals surface area contributed by atoms with Gasteiger partial charge in [0, 0.05) is 16.8 Å². The maximum atomic E-state index is 13.1. The van der Waals surface area contributed by atoms with E-state index in [0.29, 0.717) is 32.9 Å². The molecule has 0 aliphatic carbocycles. The first kappa shape index (κ1) is 15.9. The maximum absolute atomic E-state index is 13.1. The average molecular weight is 377 g/mol. The van der Waals surface area contributed by atoms with E-state index in [2.05, 4.69) is 15.3 Å². The number of hydrogen-bond acceptors (Lipinski definition) is 5. The zero-order chi connectivity index (χ0) is 17.4. The molecule has 6 nitrogen and oxygen atoms in total. The summed E-state index contributed by atoms with van der Waals surface area (Å²) < 4.78 is 19.9. The molecule has 4 aromatic rings. The summed E-state index contributed by atoms with van der Waals surface area (Å²) >= 11 is 7.37. The number of furan rings is 1. The number of rotatable bonds is 4. The molecule has 0 aliphatic rings. The molecule has 0 saturated heterocycles. The van der Waals surface area contributed by atoms with Gasteiger partial charge in [0.05, 0.1) is 6.26 Å². The smallest absolute Gasteiger partial charge is 0.290 e. The highest BCUT2D eigenvalue weighted by atomic mass is 35.5. The van der Waals surface area contributed by atoms with Gasteiger partial charge in [-0.2, -0.15) is 5.10 Å². The molecular weight excluding hydrogens is 367 g/mol. The van der Waals surface area contributed by atoms with Gasteiger partial charge >= 0.3 is 0 Å². The predicted molar refractivity (Wildman–Crippen MR) is 92.3 cm³/mol. The normalized spacial score (nSPS) is 11.3. The van der Waals surface area contributed by atoms with Crippen LogP contribution in [-0.2, 0) is 5.75 Å². The van der Waals surface area contributed by atoms with Gasteiger partial charge in [-0.05, 0) is 29.8 Å². The Morgan fingerprint density at radius 1 is 1.32 bits per heavy atom. The second-order valence-electron chi connectivity index (χ2n) is 5.16. The zero-order valence-electron chi connectivity index (χ0n) is 12.6.